The van der Waals surface area contributed by atoms with Crippen molar-refractivity contribution in [3.63, 3.8) is 0 Å². The number of aromatic nitrogens is 1. The molecule has 0 radical (unpaired) electrons. The molecule has 24 heavy (non-hydrogen) atoms. The lowest BCUT2D eigenvalue weighted by molar-refractivity contribution is -0.119. The molecule has 0 atom stereocenters. The summed E-state index contributed by atoms with van der Waals surface area (Å²) in [7, 11) is 0. The van der Waals surface area contributed by atoms with Crippen molar-refractivity contribution in [3.8, 4) is 5.88 Å². The van der Waals surface area contributed by atoms with Gasteiger partial charge < -0.3 is 19.3 Å². The largest absolute Gasteiger partial charge is 0.473 e. The van der Waals surface area contributed by atoms with Gasteiger partial charge in [0.05, 0.1) is 18.8 Å². The second-order valence-corrected chi connectivity index (χ2v) is 6.28. The number of carbonyl (C=O) groups is 2. The van der Waals surface area contributed by atoms with Crippen LogP contribution in [-0.4, -0.2) is 72.6 Å². The minimum atomic E-state index is -0.132. The van der Waals surface area contributed by atoms with Crippen LogP contribution in [0.3, 0.4) is 0 Å². The second kappa shape index (κ2) is 7.81. The zero-order valence-corrected chi connectivity index (χ0v) is 14.1. The van der Waals surface area contributed by atoms with Crippen LogP contribution in [0.5, 0.6) is 5.88 Å². The summed E-state index contributed by atoms with van der Waals surface area (Å²) in [5.74, 6) is 0.221. The minimum Gasteiger partial charge on any atom is -0.473 e. The van der Waals surface area contributed by atoms with Crippen molar-refractivity contribution in [2.75, 3.05) is 39.4 Å². The first-order valence-corrected chi connectivity index (χ1v) is 8.43. The molecule has 2 saturated heterocycles. The third kappa shape index (κ3) is 3.96. The number of amides is 2. The monoisotopic (exact) mass is 353 g/mol. The maximum absolute atomic E-state index is 12.5. The molecule has 3 rings (SSSR count). The van der Waals surface area contributed by atoms with Gasteiger partial charge in [-0.05, 0) is 6.07 Å². The Morgan fingerprint density at radius 3 is 2.62 bits per heavy atom. The van der Waals surface area contributed by atoms with Gasteiger partial charge in [0.1, 0.15) is 11.1 Å². The quantitative estimate of drug-likeness (QED) is 0.761. The lowest BCUT2D eigenvalue weighted by atomic mass is 10.1. The van der Waals surface area contributed by atoms with Gasteiger partial charge in [-0.15, -0.1) is 0 Å². The molecule has 2 aliphatic heterocycles. The van der Waals surface area contributed by atoms with Gasteiger partial charge in [0.15, 0.2) is 0 Å². The van der Waals surface area contributed by atoms with Crippen LogP contribution in [0, 0.1) is 0 Å². The van der Waals surface area contributed by atoms with Crippen LogP contribution in [0.15, 0.2) is 12.3 Å². The predicted octanol–water partition coefficient (Wildman–Crippen LogP) is 1.21. The molecule has 2 aliphatic rings. The van der Waals surface area contributed by atoms with Gasteiger partial charge in [-0.2, -0.15) is 0 Å². The van der Waals surface area contributed by atoms with E-state index in [2.05, 4.69) is 4.98 Å². The Balaban J connectivity index is 1.63. The van der Waals surface area contributed by atoms with Gasteiger partial charge in [0.2, 0.25) is 12.3 Å². The maximum atomic E-state index is 12.5. The molecule has 1 aromatic rings. The molecule has 0 N–H and O–H groups in total. The van der Waals surface area contributed by atoms with E-state index in [9.17, 15) is 9.59 Å². The van der Waals surface area contributed by atoms with Crippen LogP contribution in [0.25, 0.3) is 0 Å². The van der Waals surface area contributed by atoms with E-state index in [0.717, 1.165) is 19.3 Å². The van der Waals surface area contributed by atoms with Crippen LogP contribution in [0.4, 0.5) is 0 Å². The molecule has 8 heteroatoms. The van der Waals surface area contributed by atoms with Crippen LogP contribution in [0.1, 0.15) is 23.2 Å². The molecule has 3 heterocycles. The number of hydrogen-bond acceptors (Lipinski definition) is 5. The average Bonchev–Trinajstić information content (AvgIpc) is 2.64. The molecule has 0 aromatic carbocycles. The molecule has 1 aromatic heterocycles. The van der Waals surface area contributed by atoms with Crippen LogP contribution in [-0.2, 0) is 9.53 Å². The van der Waals surface area contributed by atoms with Crippen molar-refractivity contribution in [1.29, 1.82) is 0 Å². The van der Waals surface area contributed by atoms with E-state index in [1.54, 1.807) is 15.9 Å². The zero-order valence-electron chi connectivity index (χ0n) is 13.3. The number of pyridine rings is 1. The number of halogens is 1. The third-order valence-corrected chi connectivity index (χ3v) is 4.52. The van der Waals surface area contributed by atoms with E-state index in [1.807, 2.05) is 0 Å². The molecular formula is C16H20ClN3O4. The van der Waals surface area contributed by atoms with Gasteiger partial charge in [-0.25, -0.2) is 4.98 Å². The summed E-state index contributed by atoms with van der Waals surface area (Å²) in [4.78, 5) is 30.8. The average molecular weight is 354 g/mol. The van der Waals surface area contributed by atoms with E-state index in [4.69, 9.17) is 21.1 Å². The van der Waals surface area contributed by atoms with Crippen molar-refractivity contribution in [1.82, 2.24) is 14.8 Å². The normalized spacial score (nSPS) is 19.2. The van der Waals surface area contributed by atoms with E-state index in [-0.39, 0.29) is 12.0 Å². The first kappa shape index (κ1) is 17.0. The van der Waals surface area contributed by atoms with Crippen LogP contribution in [0.2, 0.25) is 5.02 Å². The van der Waals surface area contributed by atoms with Crippen molar-refractivity contribution >= 4 is 23.9 Å². The van der Waals surface area contributed by atoms with Gasteiger partial charge >= 0.3 is 0 Å². The Morgan fingerprint density at radius 1 is 1.29 bits per heavy atom. The molecule has 0 bridgehead atoms. The lowest BCUT2D eigenvalue weighted by Gasteiger charge is -2.32. The molecule has 2 fully saturated rings. The fourth-order valence-corrected chi connectivity index (χ4v) is 3.00. The van der Waals surface area contributed by atoms with Crippen molar-refractivity contribution < 1.29 is 19.1 Å². The first-order valence-electron chi connectivity index (χ1n) is 8.06. The van der Waals surface area contributed by atoms with Crippen LogP contribution < -0.4 is 4.74 Å². The number of nitrogens with zero attached hydrogens (tertiary/aromatic N) is 3. The number of ether oxygens (including phenoxy) is 2. The SMILES string of the molecule is O=CN1CCN(C(=O)c2cnc(OC3CCOCC3)c(Cl)c2)CC1. The van der Waals surface area contributed by atoms with Gasteiger partial charge in [-0.1, -0.05) is 11.6 Å². The Labute approximate surface area is 145 Å². The summed E-state index contributed by atoms with van der Waals surface area (Å²) in [6.45, 7) is 3.45. The molecule has 130 valence electrons. The summed E-state index contributed by atoms with van der Waals surface area (Å²) in [5, 5.41) is 0.332. The van der Waals surface area contributed by atoms with Gasteiger partial charge in [0.25, 0.3) is 5.91 Å². The maximum Gasteiger partial charge on any atom is 0.255 e. The Bertz CT molecular complexity index is 599. The van der Waals surface area contributed by atoms with E-state index in [0.29, 0.717) is 55.9 Å². The van der Waals surface area contributed by atoms with Gasteiger partial charge in [0, 0.05) is 45.2 Å². The van der Waals surface area contributed by atoms with E-state index in [1.165, 1.54) is 6.20 Å². The molecule has 0 saturated carbocycles. The number of hydrogen-bond donors (Lipinski definition) is 0. The number of rotatable bonds is 4. The number of piperazine rings is 1. The summed E-state index contributed by atoms with van der Waals surface area (Å²) >= 11 is 6.23. The minimum absolute atomic E-state index is 0.0433. The van der Waals surface area contributed by atoms with Gasteiger partial charge in [-0.3, -0.25) is 9.59 Å². The van der Waals surface area contributed by atoms with E-state index >= 15 is 0 Å². The molecular weight excluding hydrogens is 334 g/mol. The highest BCUT2D eigenvalue weighted by molar-refractivity contribution is 6.32. The summed E-state index contributed by atoms with van der Waals surface area (Å²) < 4.78 is 11.1. The van der Waals surface area contributed by atoms with Crippen molar-refractivity contribution in [2.24, 2.45) is 0 Å². The smallest absolute Gasteiger partial charge is 0.255 e. The second-order valence-electron chi connectivity index (χ2n) is 5.87. The zero-order chi connectivity index (χ0) is 16.9. The Morgan fingerprint density at radius 2 is 2.00 bits per heavy atom. The predicted molar refractivity (Wildman–Crippen MR) is 87.3 cm³/mol. The number of carbonyl (C=O) groups excluding carboxylic acids is 2. The van der Waals surface area contributed by atoms with Crippen LogP contribution >= 0.6 is 11.6 Å². The lowest BCUT2D eigenvalue weighted by Crippen LogP contribution is -2.48. The third-order valence-electron chi connectivity index (χ3n) is 4.25. The molecule has 0 aliphatic carbocycles. The molecule has 0 spiro atoms. The molecule has 2 amide bonds. The highest BCUT2D eigenvalue weighted by atomic mass is 35.5. The first-order chi connectivity index (χ1) is 11.7. The molecule has 7 nitrogen and oxygen atoms in total. The topological polar surface area (TPSA) is 72.0 Å². The Hall–Kier alpha value is -1.86. The fraction of sp³-hybridized carbons (Fsp3) is 0.562. The fourth-order valence-electron chi connectivity index (χ4n) is 2.79. The summed E-state index contributed by atoms with van der Waals surface area (Å²) in [6, 6.07) is 1.59. The van der Waals surface area contributed by atoms with Crippen molar-refractivity contribution in [3.05, 3.63) is 22.8 Å². The Kier molecular flexibility index (Phi) is 5.52. The standard InChI is InChI=1S/C16H20ClN3O4/c17-14-9-12(16(22)20-5-3-19(11-21)4-6-20)10-18-15(14)24-13-1-7-23-8-2-13/h9-11,13H,1-8H2. The summed E-state index contributed by atoms with van der Waals surface area (Å²) in [6.07, 6.45) is 3.96. The summed E-state index contributed by atoms with van der Waals surface area (Å²) in [5.41, 5.74) is 0.430. The highest BCUT2D eigenvalue weighted by Gasteiger charge is 2.23. The van der Waals surface area contributed by atoms with E-state index < -0.39 is 0 Å². The van der Waals surface area contributed by atoms with Crippen molar-refractivity contribution in [2.45, 2.75) is 18.9 Å². The highest BCUT2D eigenvalue weighted by Crippen LogP contribution is 2.26. The molecule has 0 unspecified atom stereocenters.